The van der Waals surface area contributed by atoms with Crippen LogP contribution in [0.15, 0.2) is 28.8 Å². The number of carbonyl (C=O) groups excluding carboxylic acids is 1. The predicted molar refractivity (Wildman–Crippen MR) is 106 cm³/mol. The minimum atomic E-state index is -0.272. The number of carbonyl (C=O) groups is 1. The Morgan fingerprint density at radius 3 is 2.79 bits per heavy atom. The maximum atomic E-state index is 12.8. The first-order valence-corrected chi connectivity index (χ1v) is 9.89. The molecule has 3 aromatic rings. The maximum absolute atomic E-state index is 12.8. The molecule has 1 N–H and O–H groups in total. The number of nitrogens with zero attached hydrogens (tertiary/aromatic N) is 2. The van der Waals surface area contributed by atoms with E-state index in [4.69, 9.17) is 14.0 Å². The number of aromatic nitrogens is 2. The molecule has 28 heavy (non-hydrogen) atoms. The highest BCUT2D eigenvalue weighted by atomic mass is 32.1. The zero-order valence-corrected chi connectivity index (χ0v) is 16.8. The van der Waals surface area contributed by atoms with Crippen LogP contribution in [0.25, 0.3) is 10.7 Å². The van der Waals surface area contributed by atoms with Crippen LogP contribution in [0.1, 0.15) is 46.3 Å². The number of para-hydroxylation sites is 1. The Morgan fingerprint density at radius 1 is 1.29 bits per heavy atom. The van der Waals surface area contributed by atoms with E-state index in [1.807, 2.05) is 13.0 Å². The molecule has 7 nitrogen and oxygen atoms in total. The number of nitrogens with one attached hydrogen (secondary N) is 1. The molecule has 1 amide bonds. The fraction of sp³-hybridized carbons (Fsp3) is 0.350. The van der Waals surface area contributed by atoms with Crippen LogP contribution in [0.3, 0.4) is 0 Å². The molecule has 0 atom stereocenters. The zero-order chi connectivity index (χ0) is 19.7. The summed E-state index contributed by atoms with van der Waals surface area (Å²) in [4.78, 5) is 19.2. The van der Waals surface area contributed by atoms with Crippen molar-refractivity contribution in [1.82, 2.24) is 10.1 Å². The lowest BCUT2D eigenvalue weighted by Gasteiger charge is -2.20. The number of ether oxygens (including phenoxy) is 2. The lowest BCUT2D eigenvalue weighted by Crippen LogP contribution is -2.13. The van der Waals surface area contributed by atoms with Crippen molar-refractivity contribution in [1.29, 1.82) is 0 Å². The SMILES string of the molecule is COc1cccc(C(=O)Nc2cc(-c3noc(C4CCC4)n3)sc2C)c1OC. The van der Waals surface area contributed by atoms with Gasteiger partial charge in [-0.2, -0.15) is 4.98 Å². The van der Waals surface area contributed by atoms with Gasteiger partial charge in [-0.3, -0.25) is 4.79 Å². The van der Waals surface area contributed by atoms with Gasteiger partial charge in [0.15, 0.2) is 11.5 Å². The Kier molecular flexibility index (Phi) is 5.04. The fourth-order valence-electron chi connectivity index (χ4n) is 3.13. The first-order chi connectivity index (χ1) is 13.6. The summed E-state index contributed by atoms with van der Waals surface area (Å²) in [5, 5.41) is 7.05. The molecule has 1 fully saturated rings. The number of amides is 1. The van der Waals surface area contributed by atoms with E-state index < -0.39 is 0 Å². The number of rotatable bonds is 6. The number of methoxy groups -OCH3 is 2. The highest BCUT2D eigenvalue weighted by Crippen LogP contribution is 2.38. The van der Waals surface area contributed by atoms with Gasteiger partial charge in [0.1, 0.15) is 0 Å². The molecule has 0 radical (unpaired) electrons. The van der Waals surface area contributed by atoms with Crippen LogP contribution >= 0.6 is 11.3 Å². The van der Waals surface area contributed by atoms with Crippen LogP contribution in [-0.4, -0.2) is 30.3 Å². The van der Waals surface area contributed by atoms with Crippen LogP contribution in [0, 0.1) is 6.92 Å². The van der Waals surface area contributed by atoms with Crippen molar-refractivity contribution < 1.29 is 18.8 Å². The Bertz CT molecular complexity index is 1010. The minimum absolute atomic E-state index is 0.272. The number of hydrogen-bond donors (Lipinski definition) is 1. The molecular weight excluding hydrogens is 378 g/mol. The number of thiophene rings is 1. The van der Waals surface area contributed by atoms with E-state index in [0.29, 0.717) is 40.4 Å². The number of aryl methyl sites for hydroxylation is 1. The number of anilines is 1. The van der Waals surface area contributed by atoms with E-state index in [0.717, 1.165) is 22.6 Å². The molecule has 146 valence electrons. The van der Waals surface area contributed by atoms with Gasteiger partial charge in [0.05, 0.1) is 30.3 Å². The second-order valence-corrected chi connectivity index (χ2v) is 7.92. The van der Waals surface area contributed by atoms with E-state index in [2.05, 4.69) is 15.5 Å². The Hall–Kier alpha value is -2.87. The largest absolute Gasteiger partial charge is 0.493 e. The van der Waals surface area contributed by atoms with E-state index in [9.17, 15) is 4.79 Å². The fourth-order valence-corrected chi connectivity index (χ4v) is 4.03. The minimum Gasteiger partial charge on any atom is -0.493 e. The molecule has 4 rings (SSSR count). The lowest BCUT2D eigenvalue weighted by atomic mass is 9.85. The van der Waals surface area contributed by atoms with E-state index >= 15 is 0 Å². The van der Waals surface area contributed by atoms with Gasteiger partial charge in [0.2, 0.25) is 11.7 Å². The molecule has 2 aromatic heterocycles. The Labute approximate surface area is 166 Å². The van der Waals surface area contributed by atoms with Crippen LogP contribution in [0.5, 0.6) is 11.5 Å². The van der Waals surface area contributed by atoms with Gasteiger partial charge in [0.25, 0.3) is 5.91 Å². The average molecular weight is 399 g/mol. The van der Waals surface area contributed by atoms with Crippen molar-refractivity contribution in [2.45, 2.75) is 32.1 Å². The maximum Gasteiger partial charge on any atom is 0.259 e. The van der Waals surface area contributed by atoms with Crippen LogP contribution in [-0.2, 0) is 0 Å². The highest BCUT2D eigenvalue weighted by Gasteiger charge is 2.26. The van der Waals surface area contributed by atoms with Crippen molar-refractivity contribution in [3.63, 3.8) is 0 Å². The summed E-state index contributed by atoms with van der Waals surface area (Å²) in [5.74, 6) is 2.30. The quantitative estimate of drug-likeness (QED) is 0.650. The smallest absolute Gasteiger partial charge is 0.259 e. The summed E-state index contributed by atoms with van der Waals surface area (Å²) in [6.07, 6.45) is 3.42. The summed E-state index contributed by atoms with van der Waals surface area (Å²) in [5.41, 5.74) is 1.12. The Morgan fingerprint density at radius 2 is 2.11 bits per heavy atom. The molecule has 1 aliphatic carbocycles. The normalized spacial score (nSPS) is 13.8. The lowest BCUT2D eigenvalue weighted by molar-refractivity contribution is 0.102. The molecule has 1 aliphatic rings. The summed E-state index contributed by atoms with van der Waals surface area (Å²) < 4.78 is 16.0. The van der Waals surface area contributed by atoms with Gasteiger partial charge < -0.3 is 19.3 Å². The number of hydrogen-bond acceptors (Lipinski definition) is 7. The number of benzene rings is 1. The van der Waals surface area contributed by atoms with Gasteiger partial charge in [-0.25, -0.2) is 0 Å². The van der Waals surface area contributed by atoms with E-state index in [1.165, 1.54) is 32.0 Å². The molecule has 0 spiro atoms. The second-order valence-electron chi connectivity index (χ2n) is 6.66. The molecular formula is C20H21N3O4S. The third kappa shape index (κ3) is 3.35. The van der Waals surface area contributed by atoms with Gasteiger partial charge in [-0.05, 0) is 38.0 Å². The highest BCUT2D eigenvalue weighted by molar-refractivity contribution is 7.16. The van der Waals surface area contributed by atoms with Gasteiger partial charge in [-0.15, -0.1) is 11.3 Å². The monoisotopic (exact) mass is 399 g/mol. The summed E-state index contributed by atoms with van der Waals surface area (Å²) in [7, 11) is 3.05. The Balaban J connectivity index is 1.56. The van der Waals surface area contributed by atoms with Crippen LogP contribution < -0.4 is 14.8 Å². The first kappa shape index (κ1) is 18.5. The summed E-state index contributed by atoms with van der Waals surface area (Å²) in [6, 6.07) is 7.08. The van der Waals surface area contributed by atoms with Crippen molar-refractivity contribution in [3.05, 3.63) is 40.6 Å². The third-order valence-electron chi connectivity index (χ3n) is 4.93. The van der Waals surface area contributed by atoms with Crippen LogP contribution in [0.4, 0.5) is 5.69 Å². The van der Waals surface area contributed by atoms with Crippen molar-refractivity contribution in [3.8, 4) is 22.2 Å². The molecule has 0 saturated heterocycles. The molecule has 0 bridgehead atoms. The molecule has 2 heterocycles. The van der Waals surface area contributed by atoms with Crippen LogP contribution in [0.2, 0.25) is 0 Å². The summed E-state index contributed by atoms with van der Waals surface area (Å²) in [6.45, 7) is 1.94. The van der Waals surface area contributed by atoms with Gasteiger partial charge >= 0.3 is 0 Å². The van der Waals surface area contributed by atoms with Gasteiger partial charge in [0, 0.05) is 10.8 Å². The topological polar surface area (TPSA) is 86.5 Å². The molecule has 8 heteroatoms. The van der Waals surface area contributed by atoms with Crippen molar-refractivity contribution >= 4 is 22.9 Å². The zero-order valence-electron chi connectivity index (χ0n) is 15.9. The first-order valence-electron chi connectivity index (χ1n) is 9.07. The average Bonchev–Trinajstić information content (AvgIpc) is 3.27. The van der Waals surface area contributed by atoms with E-state index in [1.54, 1.807) is 18.2 Å². The van der Waals surface area contributed by atoms with E-state index in [-0.39, 0.29) is 5.91 Å². The molecule has 0 aliphatic heterocycles. The van der Waals surface area contributed by atoms with Crippen molar-refractivity contribution in [2.24, 2.45) is 0 Å². The molecule has 0 unspecified atom stereocenters. The molecule has 1 saturated carbocycles. The molecule has 1 aromatic carbocycles. The standard InChI is InChI=1S/C20H21N3O4S/c1-11-14(21-19(24)13-8-5-9-15(25-2)17(13)26-3)10-16(28-11)18-22-20(27-23-18)12-6-4-7-12/h5,8-10,12H,4,6-7H2,1-3H3,(H,21,24). The van der Waals surface area contributed by atoms with Crippen molar-refractivity contribution in [2.75, 3.05) is 19.5 Å². The third-order valence-corrected chi connectivity index (χ3v) is 5.98. The second kappa shape index (κ2) is 7.63. The summed E-state index contributed by atoms with van der Waals surface area (Å²) >= 11 is 1.52. The predicted octanol–water partition coefficient (Wildman–Crippen LogP) is 4.64. The van der Waals surface area contributed by atoms with Gasteiger partial charge in [-0.1, -0.05) is 17.6 Å².